The van der Waals surface area contributed by atoms with Crippen molar-refractivity contribution in [1.82, 2.24) is 4.90 Å². The molecule has 1 aromatic carbocycles. The fourth-order valence-electron chi connectivity index (χ4n) is 2.05. The Kier molecular flexibility index (Phi) is 4.58. The second-order valence-corrected chi connectivity index (χ2v) is 5.39. The highest BCUT2D eigenvalue weighted by Gasteiger charge is 2.21. The molecule has 2 heteroatoms. The van der Waals surface area contributed by atoms with Crippen molar-refractivity contribution in [3.63, 3.8) is 0 Å². The smallest absolute Gasteiger partial charge is 0.120 e. The number of benzene rings is 1. The molecule has 0 fully saturated rings. The maximum Gasteiger partial charge on any atom is 0.120 e. The van der Waals surface area contributed by atoms with Crippen LogP contribution in [0.25, 0.3) is 0 Å². The molecule has 0 radical (unpaired) electrons. The van der Waals surface area contributed by atoms with Crippen molar-refractivity contribution >= 4 is 0 Å². The third-order valence-electron chi connectivity index (χ3n) is 3.85. The van der Waals surface area contributed by atoms with E-state index < -0.39 is 0 Å². The van der Waals surface area contributed by atoms with Gasteiger partial charge >= 0.3 is 0 Å². The number of phenolic OH excluding ortho intramolecular Hbond substituents is 1. The van der Waals surface area contributed by atoms with Crippen LogP contribution >= 0.6 is 0 Å². The predicted octanol–water partition coefficient (Wildman–Crippen LogP) is 3.74. The lowest BCUT2D eigenvalue weighted by atomic mass is 9.98. The van der Waals surface area contributed by atoms with Crippen molar-refractivity contribution in [3.05, 3.63) is 29.3 Å². The van der Waals surface area contributed by atoms with Gasteiger partial charge in [-0.3, -0.25) is 4.90 Å². The van der Waals surface area contributed by atoms with Gasteiger partial charge in [0.05, 0.1) is 0 Å². The molecule has 0 spiro atoms. The third kappa shape index (κ3) is 3.22. The molecule has 0 saturated carbocycles. The molecule has 0 aliphatic carbocycles. The Morgan fingerprint density at radius 2 is 1.71 bits per heavy atom. The Balaban J connectivity index is 2.95. The van der Waals surface area contributed by atoms with Crippen LogP contribution in [0.2, 0.25) is 0 Å². The van der Waals surface area contributed by atoms with Crippen LogP contribution in [0.15, 0.2) is 18.2 Å². The summed E-state index contributed by atoms with van der Waals surface area (Å²) < 4.78 is 0. The van der Waals surface area contributed by atoms with Gasteiger partial charge in [-0.25, -0.2) is 0 Å². The minimum atomic E-state index is 0.229. The number of nitrogens with zero attached hydrogens (tertiary/aromatic N) is 1. The SMILES string of the molecule is Cc1ccc(O)c(C(C)N(C)C(C)C(C)C)c1. The topological polar surface area (TPSA) is 23.5 Å². The van der Waals surface area contributed by atoms with Crippen LogP contribution in [-0.2, 0) is 0 Å². The monoisotopic (exact) mass is 235 g/mol. The largest absolute Gasteiger partial charge is 0.508 e. The predicted molar refractivity (Wildman–Crippen MR) is 73.3 cm³/mol. The van der Waals surface area contributed by atoms with E-state index in [4.69, 9.17) is 0 Å². The van der Waals surface area contributed by atoms with E-state index in [2.05, 4.69) is 52.6 Å². The fraction of sp³-hybridized carbons (Fsp3) is 0.600. The first-order valence-corrected chi connectivity index (χ1v) is 6.36. The van der Waals surface area contributed by atoms with Crippen molar-refractivity contribution < 1.29 is 5.11 Å². The van der Waals surface area contributed by atoms with Gasteiger partial charge in [-0.15, -0.1) is 0 Å². The zero-order valence-corrected chi connectivity index (χ0v) is 11.9. The van der Waals surface area contributed by atoms with E-state index in [1.807, 2.05) is 6.07 Å². The molecule has 1 N–H and O–H groups in total. The summed E-state index contributed by atoms with van der Waals surface area (Å²) in [5.41, 5.74) is 2.20. The van der Waals surface area contributed by atoms with E-state index in [1.54, 1.807) is 6.07 Å². The first-order chi connectivity index (χ1) is 7.84. The molecule has 1 rings (SSSR count). The molecule has 96 valence electrons. The lowest BCUT2D eigenvalue weighted by Gasteiger charge is -2.33. The zero-order chi connectivity index (χ0) is 13.2. The molecule has 0 bridgehead atoms. The molecule has 1 aromatic rings. The number of hydrogen-bond donors (Lipinski definition) is 1. The Labute approximate surface area is 105 Å². The van der Waals surface area contributed by atoms with Crippen molar-refractivity contribution in [3.8, 4) is 5.75 Å². The molecule has 0 heterocycles. The molecule has 0 aliphatic heterocycles. The van der Waals surface area contributed by atoms with E-state index in [9.17, 15) is 5.11 Å². The van der Waals surface area contributed by atoms with Crippen LogP contribution in [0.1, 0.15) is 44.9 Å². The number of phenols is 1. The number of hydrogen-bond acceptors (Lipinski definition) is 2. The lowest BCUT2D eigenvalue weighted by molar-refractivity contribution is 0.156. The molecule has 17 heavy (non-hydrogen) atoms. The van der Waals surface area contributed by atoms with Gasteiger partial charge in [-0.05, 0) is 39.8 Å². The van der Waals surface area contributed by atoms with E-state index >= 15 is 0 Å². The van der Waals surface area contributed by atoms with Crippen LogP contribution in [0, 0.1) is 12.8 Å². The number of aryl methyl sites for hydroxylation is 1. The molecule has 0 aromatic heterocycles. The van der Waals surface area contributed by atoms with Crippen molar-refractivity contribution in [1.29, 1.82) is 0 Å². The highest BCUT2D eigenvalue weighted by atomic mass is 16.3. The van der Waals surface area contributed by atoms with Crippen molar-refractivity contribution in [2.75, 3.05) is 7.05 Å². The summed E-state index contributed by atoms with van der Waals surface area (Å²) in [5, 5.41) is 9.95. The summed E-state index contributed by atoms with van der Waals surface area (Å²) in [5.74, 6) is 1.00. The van der Waals surface area contributed by atoms with Crippen LogP contribution in [0.4, 0.5) is 0 Å². The van der Waals surface area contributed by atoms with Gasteiger partial charge in [0.25, 0.3) is 0 Å². The van der Waals surface area contributed by atoms with Crippen molar-refractivity contribution in [2.24, 2.45) is 5.92 Å². The van der Waals surface area contributed by atoms with Crippen LogP contribution in [0.5, 0.6) is 5.75 Å². The molecule has 0 saturated heterocycles. The Morgan fingerprint density at radius 3 is 2.24 bits per heavy atom. The molecular formula is C15H25NO. The lowest BCUT2D eigenvalue weighted by Crippen LogP contribution is -2.35. The van der Waals surface area contributed by atoms with Gasteiger partial charge in [-0.2, -0.15) is 0 Å². The fourth-order valence-corrected chi connectivity index (χ4v) is 2.05. The second kappa shape index (κ2) is 5.54. The normalized spacial score (nSPS) is 15.3. The second-order valence-electron chi connectivity index (χ2n) is 5.39. The molecular weight excluding hydrogens is 210 g/mol. The molecule has 0 amide bonds. The Bertz CT molecular complexity index is 373. The van der Waals surface area contributed by atoms with E-state index in [0.29, 0.717) is 17.7 Å². The summed E-state index contributed by atoms with van der Waals surface area (Å²) in [6, 6.07) is 6.52. The minimum absolute atomic E-state index is 0.229. The average molecular weight is 235 g/mol. The molecule has 0 aliphatic rings. The first kappa shape index (κ1) is 14.0. The highest BCUT2D eigenvalue weighted by Crippen LogP contribution is 2.30. The summed E-state index contributed by atoms with van der Waals surface area (Å²) in [4.78, 5) is 2.32. The van der Waals surface area contributed by atoms with Gasteiger partial charge < -0.3 is 5.11 Å². The van der Waals surface area contributed by atoms with E-state index in [1.165, 1.54) is 5.56 Å². The average Bonchev–Trinajstić information content (AvgIpc) is 2.29. The molecule has 2 atom stereocenters. The van der Waals surface area contributed by atoms with Gasteiger partial charge in [-0.1, -0.05) is 31.5 Å². The summed E-state index contributed by atoms with van der Waals surface area (Å²) in [6.07, 6.45) is 0. The quantitative estimate of drug-likeness (QED) is 0.859. The van der Waals surface area contributed by atoms with E-state index in [0.717, 1.165) is 5.56 Å². The first-order valence-electron chi connectivity index (χ1n) is 6.36. The van der Waals surface area contributed by atoms with Gasteiger partial charge in [0, 0.05) is 17.6 Å². The summed E-state index contributed by atoms with van der Waals surface area (Å²) in [7, 11) is 2.12. The summed E-state index contributed by atoms with van der Waals surface area (Å²) in [6.45, 7) is 10.9. The minimum Gasteiger partial charge on any atom is -0.508 e. The van der Waals surface area contributed by atoms with E-state index in [-0.39, 0.29) is 6.04 Å². The number of aromatic hydroxyl groups is 1. The Morgan fingerprint density at radius 1 is 1.12 bits per heavy atom. The highest BCUT2D eigenvalue weighted by molar-refractivity contribution is 5.37. The van der Waals surface area contributed by atoms with Crippen LogP contribution < -0.4 is 0 Å². The molecule has 2 nitrogen and oxygen atoms in total. The standard InChI is InChI=1S/C15H25NO/c1-10(2)12(4)16(6)13(5)14-9-11(3)7-8-15(14)17/h7-10,12-13,17H,1-6H3. The zero-order valence-electron chi connectivity index (χ0n) is 11.9. The number of rotatable bonds is 4. The van der Waals surface area contributed by atoms with Crippen LogP contribution in [0.3, 0.4) is 0 Å². The van der Waals surface area contributed by atoms with Gasteiger partial charge in [0.2, 0.25) is 0 Å². The maximum atomic E-state index is 9.95. The maximum absolute atomic E-state index is 9.95. The summed E-state index contributed by atoms with van der Waals surface area (Å²) >= 11 is 0. The van der Waals surface area contributed by atoms with Crippen molar-refractivity contribution in [2.45, 2.75) is 46.7 Å². The van der Waals surface area contributed by atoms with Crippen LogP contribution in [-0.4, -0.2) is 23.1 Å². The van der Waals surface area contributed by atoms with Gasteiger partial charge in [0.15, 0.2) is 0 Å². The Hall–Kier alpha value is -1.02. The van der Waals surface area contributed by atoms with Gasteiger partial charge in [0.1, 0.15) is 5.75 Å². The molecule has 2 unspecified atom stereocenters. The third-order valence-corrected chi connectivity index (χ3v) is 3.85.